The second-order valence-electron chi connectivity index (χ2n) is 4.63. The van der Waals surface area contributed by atoms with Crippen molar-refractivity contribution in [2.75, 3.05) is 4.90 Å². The number of nitrogens with zero attached hydrogens (tertiary/aromatic N) is 1. The molecule has 1 aliphatic carbocycles. The lowest BCUT2D eigenvalue weighted by Gasteiger charge is -2.33. The Labute approximate surface area is 111 Å². The highest BCUT2D eigenvalue weighted by Crippen LogP contribution is 2.34. The summed E-state index contributed by atoms with van der Waals surface area (Å²) in [6.45, 7) is 0. The predicted molar refractivity (Wildman–Crippen MR) is 72.1 cm³/mol. The first-order valence-electron chi connectivity index (χ1n) is 6.17. The summed E-state index contributed by atoms with van der Waals surface area (Å²) < 4.78 is 0. The van der Waals surface area contributed by atoms with Crippen molar-refractivity contribution in [2.24, 2.45) is 5.73 Å². The zero-order valence-electron chi connectivity index (χ0n) is 10.1. The molecule has 0 unspecified atom stereocenters. The molecule has 4 nitrogen and oxygen atoms in total. The number of halogens is 1. The highest BCUT2D eigenvalue weighted by Gasteiger charge is 2.27. The fraction of sp³-hybridized carbons (Fsp3) is 0.462. The minimum atomic E-state index is -0.542. The number of hydrogen-bond donors (Lipinski definition) is 2. The van der Waals surface area contributed by atoms with Crippen molar-refractivity contribution in [3.63, 3.8) is 0 Å². The summed E-state index contributed by atoms with van der Waals surface area (Å²) in [7, 11) is 0. The van der Waals surface area contributed by atoms with Gasteiger partial charge >= 0.3 is 6.03 Å². The number of anilines is 1. The largest absolute Gasteiger partial charge is 0.506 e. The van der Waals surface area contributed by atoms with Gasteiger partial charge in [0.15, 0.2) is 0 Å². The molecule has 0 atom stereocenters. The number of amides is 2. The molecule has 18 heavy (non-hydrogen) atoms. The summed E-state index contributed by atoms with van der Waals surface area (Å²) in [6, 6.07) is 4.16. The van der Waals surface area contributed by atoms with Crippen LogP contribution in [-0.4, -0.2) is 17.2 Å². The van der Waals surface area contributed by atoms with Crippen LogP contribution in [0.5, 0.6) is 5.75 Å². The molecule has 0 bridgehead atoms. The highest BCUT2D eigenvalue weighted by molar-refractivity contribution is 6.31. The first kappa shape index (κ1) is 13.0. The average Bonchev–Trinajstić information content (AvgIpc) is 2.35. The first-order chi connectivity index (χ1) is 8.59. The fourth-order valence-corrected chi connectivity index (χ4v) is 2.69. The molecule has 0 aliphatic heterocycles. The zero-order valence-corrected chi connectivity index (χ0v) is 10.9. The molecule has 1 aromatic carbocycles. The van der Waals surface area contributed by atoms with E-state index in [-0.39, 0.29) is 11.8 Å². The van der Waals surface area contributed by atoms with Gasteiger partial charge in [-0.1, -0.05) is 30.9 Å². The van der Waals surface area contributed by atoms with Crippen LogP contribution in [0.4, 0.5) is 10.5 Å². The monoisotopic (exact) mass is 268 g/mol. The Morgan fingerprint density at radius 3 is 2.61 bits per heavy atom. The van der Waals surface area contributed by atoms with Crippen LogP contribution >= 0.6 is 11.6 Å². The summed E-state index contributed by atoms with van der Waals surface area (Å²) in [6.07, 6.45) is 5.17. The lowest BCUT2D eigenvalue weighted by molar-refractivity contribution is 0.248. The van der Waals surface area contributed by atoms with Crippen LogP contribution in [0.25, 0.3) is 0 Å². The molecule has 3 N–H and O–H groups in total. The third kappa shape index (κ3) is 2.70. The Hall–Kier alpha value is -1.42. The van der Waals surface area contributed by atoms with Crippen LogP contribution in [0.3, 0.4) is 0 Å². The molecule has 2 rings (SSSR count). The molecule has 0 saturated heterocycles. The maximum absolute atomic E-state index is 11.7. The number of carbonyl (C=O) groups excluding carboxylic acids is 1. The Kier molecular flexibility index (Phi) is 3.97. The van der Waals surface area contributed by atoms with Crippen molar-refractivity contribution >= 4 is 23.3 Å². The van der Waals surface area contributed by atoms with Gasteiger partial charge < -0.3 is 10.8 Å². The number of rotatable bonds is 2. The number of benzene rings is 1. The number of phenolic OH excluding ortho intramolecular Hbond substituents is 1. The Morgan fingerprint density at radius 1 is 1.33 bits per heavy atom. The predicted octanol–water partition coefficient (Wildman–Crippen LogP) is 3.26. The maximum Gasteiger partial charge on any atom is 0.319 e. The van der Waals surface area contributed by atoms with E-state index < -0.39 is 6.03 Å². The number of hydrogen-bond acceptors (Lipinski definition) is 2. The fourth-order valence-electron chi connectivity index (χ4n) is 2.52. The van der Waals surface area contributed by atoms with E-state index in [2.05, 4.69) is 0 Å². The van der Waals surface area contributed by atoms with E-state index in [0.717, 1.165) is 25.7 Å². The maximum atomic E-state index is 11.7. The van der Waals surface area contributed by atoms with Gasteiger partial charge in [-0.15, -0.1) is 0 Å². The average molecular weight is 269 g/mol. The number of nitrogens with two attached hydrogens (primary N) is 1. The lowest BCUT2D eigenvalue weighted by atomic mass is 9.94. The van der Waals surface area contributed by atoms with Gasteiger partial charge in [0.25, 0.3) is 0 Å². The van der Waals surface area contributed by atoms with E-state index in [9.17, 15) is 9.90 Å². The molecule has 5 heteroatoms. The number of carbonyl (C=O) groups is 1. The van der Waals surface area contributed by atoms with Crippen molar-refractivity contribution < 1.29 is 9.90 Å². The first-order valence-corrected chi connectivity index (χ1v) is 6.54. The SMILES string of the molecule is NC(=O)N(c1cc(Cl)ccc1O)C1CCCCC1. The van der Waals surface area contributed by atoms with E-state index >= 15 is 0 Å². The molecule has 1 aromatic rings. The summed E-state index contributed by atoms with van der Waals surface area (Å²) in [4.78, 5) is 13.1. The molecule has 0 spiro atoms. The van der Waals surface area contributed by atoms with Gasteiger partial charge in [0.1, 0.15) is 5.75 Å². The van der Waals surface area contributed by atoms with Crippen LogP contribution in [0, 0.1) is 0 Å². The van der Waals surface area contributed by atoms with Crippen molar-refractivity contribution in [2.45, 2.75) is 38.1 Å². The molecule has 0 radical (unpaired) electrons. The van der Waals surface area contributed by atoms with Crippen molar-refractivity contribution in [3.05, 3.63) is 23.2 Å². The van der Waals surface area contributed by atoms with Crippen molar-refractivity contribution in [1.82, 2.24) is 0 Å². The summed E-state index contributed by atoms with van der Waals surface area (Å²) in [5.74, 6) is 0.0313. The third-order valence-corrected chi connectivity index (χ3v) is 3.61. The molecule has 98 valence electrons. The van der Waals surface area contributed by atoms with Gasteiger partial charge in [-0.25, -0.2) is 4.79 Å². The number of primary amides is 1. The van der Waals surface area contributed by atoms with E-state index in [1.54, 1.807) is 12.1 Å². The van der Waals surface area contributed by atoms with E-state index in [1.807, 2.05) is 0 Å². The standard InChI is InChI=1S/C13H17ClN2O2/c14-9-6-7-12(17)11(8-9)16(13(15)18)10-4-2-1-3-5-10/h6-8,10,17H,1-5H2,(H2,15,18). The zero-order chi connectivity index (χ0) is 13.1. The molecule has 2 amide bonds. The Morgan fingerprint density at radius 2 is 2.00 bits per heavy atom. The van der Waals surface area contributed by atoms with Gasteiger partial charge in [0.2, 0.25) is 0 Å². The van der Waals surface area contributed by atoms with Gasteiger partial charge in [0.05, 0.1) is 5.69 Å². The topological polar surface area (TPSA) is 66.6 Å². The Bertz CT molecular complexity index is 445. The van der Waals surface area contributed by atoms with Crippen molar-refractivity contribution in [3.8, 4) is 5.75 Å². The summed E-state index contributed by atoms with van der Waals surface area (Å²) in [5, 5.41) is 10.4. The summed E-state index contributed by atoms with van der Waals surface area (Å²) in [5.41, 5.74) is 5.86. The molecular formula is C13H17ClN2O2. The normalized spacial score (nSPS) is 16.5. The van der Waals surface area contributed by atoms with E-state index in [1.165, 1.54) is 17.4 Å². The van der Waals surface area contributed by atoms with Crippen LogP contribution in [0.2, 0.25) is 5.02 Å². The number of phenols is 1. The molecule has 0 heterocycles. The Balaban J connectivity index is 2.34. The van der Waals surface area contributed by atoms with Gasteiger partial charge in [-0.2, -0.15) is 0 Å². The quantitative estimate of drug-likeness (QED) is 0.864. The van der Waals surface area contributed by atoms with Crippen LogP contribution < -0.4 is 10.6 Å². The highest BCUT2D eigenvalue weighted by atomic mass is 35.5. The minimum Gasteiger partial charge on any atom is -0.506 e. The molecule has 1 saturated carbocycles. The van der Waals surface area contributed by atoms with Crippen LogP contribution in [0.1, 0.15) is 32.1 Å². The molecule has 1 fully saturated rings. The van der Waals surface area contributed by atoms with Gasteiger partial charge in [-0.05, 0) is 31.0 Å². The minimum absolute atomic E-state index is 0.0313. The van der Waals surface area contributed by atoms with Gasteiger partial charge in [-0.3, -0.25) is 4.90 Å². The van der Waals surface area contributed by atoms with Crippen LogP contribution in [-0.2, 0) is 0 Å². The third-order valence-electron chi connectivity index (χ3n) is 3.37. The van der Waals surface area contributed by atoms with E-state index in [4.69, 9.17) is 17.3 Å². The smallest absolute Gasteiger partial charge is 0.319 e. The number of aromatic hydroxyl groups is 1. The molecule has 0 aromatic heterocycles. The second kappa shape index (κ2) is 5.48. The van der Waals surface area contributed by atoms with Gasteiger partial charge in [0, 0.05) is 11.1 Å². The number of urea groups is 1. The molecule has 1 aliphatic rings. The molecular weight excluding hydrogens is 252 g/mol. The van der Waals surface area contributed by atoms with Crippen LogP contribution in [0.15, 0.2) is 18.2 Å². The lowest BCUT2D eigenvalue weighted by Crippen LogP contribution is -2.44. The summed E-state index contributed by atoms with van der Waals surface area (Å²) >= 11 is 5.91. The van der Waals surface area contributed by atoms with Crippen molar-refractivity contribution in [1.29, 1.82) is 0 Å². The van der Waals surface area contributed by atoms with E-state index in [0.29, 0.717) is 10.7 Å². The second-order valence-corrected chi connectivity index (χ2v) is 5.07.